The number of esters is 1. The van der Waals surface area contributed by atoms with Crippen LogP contribution in [-0.2, 0) is 9.53 Å². The van der Waals surface area contributed by atoms with Crippen LogP contribution < -0.4 is 10.5 Å². The number of ether oxygens (including phenoxy) is 2. The number of primary amides is 1. The van der Waals surface area contributed by atoms with Crippen molar-refractivity contribution in [1.29, 1.82) is 0 Å². The molecule has 0 aliphatic rings. The molecule has 5 nitrogen and oxygen atoms in total. The molecule has 0 saturated heterocycles. The van der Waals surface area contributed by atoms with Gasteiger partial charge in [-0.3, -0.25) is 0 Å². The average Bonchev–Trinajstić information content (AvgIpc) is 2.16. The van der Waals surface area contributed by atoms with E-state index >= 15 is 0 Å². The van der Waals surface area contributed by atoms with Gasteiger partial charge >= 0.3 is 12.1 Å². The summed E-state index contributed by atoms with van der Waals surface area (Å²) in [7, 11) is 0. The number of benzene rings is 1. The summed E-state index contributed by atoms with van der Waals surface area (Å²) in [6.45, 7) is -0.482. The second kappa shape index (κ2) is 4.86. The molecular weight excluding hydrogens is 186 g/mol. The molecule has 2 N–H and O–H groups in total. The van der Waals surface area contributed by atoms with E-state index in [0.29, 0.717) is 5.75 Å². The van der Waals surface area contributed by atoms with Crippen molar-refractivity contribution >= 4 is 12.1 Å². The van der Waals surface area contributed by atoms with Crippen molar-refractivity contribution < 1.29 is 19.1 Å². The predicted octanol–water partition coefficient (Wildman–Crippen LogP) is 0.687. The van der Waals surface area contributed by atoms with Crippen LogP contribution >= 0.6 is 0 Å². The maximum absolute atomic E-state index is 11.0. The molecule has 5 heteroatoms. The number of amides is 1. The van der Waals surface area contributed by atoms with Gasteiger partial charge in [0.05, 0.1) is 0 Å². The van der Waals surface area contributed by atoms with Gasteiger partial charge < -0.3 is 15.2 Å². The number of nitrogens with two attached hydrogens (primary N) is 1. The lowest BCUT2D eigenvalue weighted by atomic mass is 10.3. The van der Waals surface area contributed by atoms with Gasteiger partial charge in [-0.25, -0.2) is 9.59 Å². The number of hydrogen-bond acceptors (Lipinski definition) is 4. The van der Waals surface area contributed by atoms with Gasteiger partial charge in [0.2, 0.25) is 0 Å². The second-order valence-corrected chi connectivity index (χ2v) is 2.39. The fourth-order valence-electron chi connectivity index (χ4n) is 0.780. The Hall–Kier alpha value is -2.04. The third-order valence-corrected chi connectivity index (χ3v) is 1.31. The first-order chi connectivity index (χ1) is 6.68. The van der Waals surface area contributed by atoms with Gasteiger partial charge in [-0.2, -0.15) is 0 Å². The molecule has 0 radical (unpaired) electrons. The molecule has 0 heterocycles. The summed E-state index contributed by atoms with van der Waals surface area (Å²) in [6, 6.07) is 8.46. The van der Waals surface area contributed by atoms with Gasteiger partial charge in [0, 0.05) is 0 Å². The molecule has 74 valence electrons. The predicted molar refractivity (Wildman–Crippen MR) is 47.6 cm³/mol. The van der Waals surface area contributed by atoms with Crippen molar-refractivity contribution in [3.8, 4) is 5.75 Å². The Morgan fingerprint density at radius 3 is 2.43 bits per heavy atom. The van der Waals surface area contributed by atoms with Crippen molar-refractivity contribution in [2.45, 2.75) is 0 Å². The Bertz CT molecular complexity index is 323. The Morgan fingerprint density at radius 2 is 1.86 bits per heavy atom. The number of rotatable bonds is 3. The van der Waals surface area contributed by atoms with Crippen LogP contribution in [0.2, 0.25) is 0 Å². The van der Waals surface area contributed by atoms with E-state index in [4.69, 9.17) is 4.74 Å². The highest BCUT2D eigenvalue weighted by atomic mass is 16.6. The number of para-hydroxylation sites is 1. The Balaban J connectivity index is 2.38. The summed E-state index contributed by atoms with van der Waals surface area (Å²) >= 11 is 0. The van der Waals surface area contributed by atoms with Crippen molar-refractivity contribution in [2.75, 3.05) is 6.61 Å². The van der Waals surface area contributed by atoms with Crippen LogP contribution in [-0.4, -0.2) is 18.7 Å². The minimum absolute atomic E-state index is 0.394. The van der Waals surface area contributed by atoms with Gasteiger partial charge in [0.15, 0.2) is 6.61 Å². The van der Waals surface area contributed by atoms with E-state index in [2.05, 4.69) is 10.5 Å². The Kier molecular flexibility index (Phi) is 3.49. The molecule has 0 unspecified atom stereocenters. The summed E-state index contributed by atoms with van der Waals surface area (Å²) in [5.74, 6) is -0.277. The summed E-state index contributed by atoms with van der Waals surface area (Å²) < 4.78 is 9.03. The molecule has 0 saturated carbocycles. The Labute approximate surface area is 80.4 Å². The van der Waals surface area contributed by atoms with E-state index in [0.717, 1.165) is 0 Å². The lowest BCUT2D eigenvalue weighted by Crippen LogP contribution is -2.22. The van der Waals surface area contributed by atoms with E-state index < -0.39 is 18.7 Å². The standard InChI is InChI=1S/C9H9NO4/c10-9(12)13-6-8(11)14-7-4-2-1-3-5-7/h1-5H,6H2,(H2,10,12). The first kappa shape index (κ1) is 10.0. The largest absolute Gasteiger partial charge is 0.438 e. The molecule has 0 aliphatic carbocycles. The zero-order chi connectivity index (χ0) is 10.4. The summed E-state index contributed by atoms with van der Waals surface area (Å²) in [5.41, 5.74) is 4.67. The lowest BCUT2D eigenvalue weighted by Gasteiger charge is -2.03. The zero-order valence-corrected chi connectivity index (χ0v) is 7.30. The first-order valence-corrected chi connectivity index (χ1v) is 3.86. The molecule has 0 spiro atoms. The molecule has 0 fully saturated rings. The van der Waals surface area contributed by atoms with Gasteiger partial charge in [-0.15, -0.1) is 0 Å². The van der Waals surface area contributed by atoms with E-state index in [1.165, 1.54) is 0 Å². The Morgan fingerprint density at radius 1 is 1.21 bits per heavy atom. The molecule has 0 bridgehead atoms. The zero-order valence-electron chi connectivity index (χ0n) is 7.30. The van der Waals surface area contributed by atoms with E-state index in [1.807, 2.05) is 0 Å². The molecule has 1 aromatic rings. The van der Waals surface area contributed by atoms with Crippen LogP contribution in [0, 0.1) is 0 Å². The van der Waals surface area contributed by atoms with Crippen LogP contribution in [0.25, 0.3) is 0 Å². The number of carbonyl (C=O) groups excluding carboxylic acids is 2. The molecule has 1 amide bonds. The highest BCUT2D eigenvalue weighted by Crippen LogP contribution is 2.08. The van der Waals surface area contributed by atoms with E-state index in [1.54, 1.807) is 30.3 Å². The third kappa shape index (κ3) is 3.57. The molecule has 14 heavy (non-hydrogen) atoms. The molecule has 1 rings (SSSR count). The minimum Gasteiger partial charge on any atom is -0.438 e. The summed E-state index contributed by atoms with van der Waals surface area (Å²) in [6.07, 6.45) is -1.00. The van der Waals surface area contributed by atoms with Crippen molar-refractivity contribution in [3.05, 3.63) is 30.3 Å². The quantitative estimate of drug-likeness (QED) is 0.568. The molecule has 0 aliphatic heterocycles. The summed E-state index contributed by atoms with van der Waals surface area (Å²) in [4.78, 5) is 21.1. The fraction of sp³-hybridized carbons (Fsp3) is 0.111. The molecule has 0 atom stereocenters. The second-order valence-electron chi connectivity index (χ2n) is 2.39. The van der Waals surface area contributed by atoms with Gasteiger partial charge in [-0.05, 0) is 12.1 Å². The summed E-state index contributed by atoms with van der Waals surface area (Å²) in [5, 5.41) is 0. The fourth-order valence-corrected chi connectivity index (χ4v) is 0.780. The topological polar surface area (TPSA) is 78.6 Å². The van der Waals surface area contributed by atoms with Gasteiger partial charge in [0.1, 0.15) is 5.75 Å². The van der Waals surface area contributed by atoms with Crippen LogP contribution in [0.3, 0.4) is 0 Å². The van der Waals surface area contributed by atoms with Gasteiger partial charge in [-0.1, -0.05) is 18.2 Å². The van der Waals surface area contributed by atoms with Crippen LogP contribution in [0.1, 0.15) is 0 Å². The molecular formula is C9H9NO4. The molecule has 1 aromatic carbocycles. The highest BCUT2D eigenvalue weighted by molar-refractivity contribution is 5.76. The van der Waals surface area contributed by atoms with Crippen LogP contribution in [0.15, 0.2) is 30.3 Å². The van der Waals surface area contributed by atoms with Crippen LogP contribution in [0.5, 0.6) is 5.75 Å². The van der Waals surface area contributed by atoms with Crippen molar-refractivity contribution in [2.24, 2.45) is 5.73 Å². The van der Waals surface area contributed by atoms with Crippen molar-refractivity contribution in [1.82, 2.24) is 0 Å². The molecule has 0 aromatic heterocycles. The SMILES string of the molecule is NC(=O)OCC(=O)Oc1ccccc1. The van der Waals surface area contributed by atoms with Crippen LogP contribution in [0.4, 0.5) is 4.79 Å². The normalized spacial score (nSPS) is 9.14. The lowest BCUT2D eigenvalue weighted by molar-refractivity contribution is -0.137. The van der Waals surface area contributed by atoms with E-state index in [-0.39, 0.29) is 0 Å². The smallest absolute Gasteiger partial charge is 0.405 e. The number of hydrogen-bond donors (Lipinski definition) is 1. The maximum atomic E-state index is 11.0. The minimum atomic E-state index is -1.00. The highest BCUT2D eigenvalue weighted by Gasteiger charge is 2.06. The third-order valence-electron chi connectivity index (χ3n) is 1.31. The van der Waals surface area contributed by atoms with E-state index in [9.17, 15) is 9.59 Å². The first-order valence-electron chi connectivity index (χ1n) is 3.86. The average molecular weight is 195 g/mol. The van der Waals surface area contributed by atoms with Crippen molar-refractivity contribution in [3.63, 3.8) is 0 Å². The maximum Gasteiger partial charge on any atom is 0.405 e. The number of carbonyl (C=O) groups is 2. The monoisotopic (exact) mass is 195 g/mol. The van der Waals surface area contributed by atoms with Gasteiger partial charge in [0.25, 0.3) is 0 Å².